The third-order valence-electron chi connectivity index (χ3n) is 2.51. The molecule has 1 aromatic heterocycles. The van der Waals surface area contributed by atoms with Crippen molar-refractivity contribution in [3.8, 4) is 5.75 Å². The first-order valence-corrected chi connectivity index (χ1v) is 6.72. The van der Waals surface area contributed by atoms with E-state index < -0.39 is 5.97 Å². The number of aromatic nitrogens is 1. The van der Waals surface area contributed by atoms with Gasteiger partial charge >= 0.3 is 5.97 Å². The molecule has 0 unspecified atom stereocenters. The number of carbonyl (C=O) groups is 1. The summed E-state index contributed by atoms with van der Waals surface area (Å²) in [6.45, 7) is 2.07. The van der Waals surface area contributed by atoms with Crippen LogP contribution in [0.4, 0.5) is 0 Å². The highest BCUT2D eigenvalue weighted by Gasteiger charge is 2.13. The van der Waals surface area contributed by atoms with Gasteiger partial charge in [-0.2, -0.15) is 0 Å². The van der Waals surface area contributed by atoms with Gasteiger partial charge in [0.05, 0.1) is 0 Å². The number of carboxylic acids is 1. The molecule has 0 fully saturated rings. The second kappa shape index (κ2) is 6.01. The minimum Gasteiger partial charge on any atom is -0.486 e. The number of halogens is 1. The zero-order valence-electron chi connectivity index (χ0n) is 10.3. The Labute approximate surface area is 124 Å². The maximum Gasteiger partial charge on any atom is 0.358 e. The van der Waals surface area contributed by atoms with Crippen molar-refractivity contribution in [1.82, 2.24) is 4.98 Å². The molecule has 2 rings (SSSR count). The van der Waals surface area contributed by atoms with Gasteiger partial charge in [-0.05, 0) is 59.3 Å². The largest absolute Gasteiger partial charge is 0.486 e. The lowest BCUT2D eigenvalue weighted by Gasteiger charge is -2.09. The van der Waals surface area contributed by atoms with Gasteiger partial charge in [0.15, 0.2) is 11.4 Å². The number of benzene rings is 1. The Kier molecular flexibility index (Phi) is 4.36. The molecule has 0 spiro atoms. The highest BCUT2D eigenvalue weighted by molar-refractivity contribution is 14.1. The van der Waals surface area contributed by atoms with E-state index in [1.807, 2.05) is 24.3 Å². The molecular weight excluding hydrogens is 357 g/mol. The summed E-state index contributed by atoms with van der Waals surface area (Å²) >= 11 is 2.23. The summed E-state index contributed by atoms with van der Waals surface area (Å²) in [6, 6.07) is 11.2. The molecule has 4 nitrogen and oxygen atoms in total. The Bertz CT molecular complexity index is 596. The van der Waals surface area contributed by atoms with Crippen molar-refractivity contribution in [2.75, 3.05) is 0 Å². The van der Waals surface area contributed by atoms with Gasteiger partial charge in [0.2, 0.25) is 0 Å². The molecule has 1 heterocycles. The number of ether oxygens (including phenoxy) is 1. The third kappa shape index (κ3) is 3.66. The fourth-order valence-corrected chi connectivity index (χ4v) is 1.91. The van der Waals surface area contributed by atoms with Crippen LogP contribution in [-0.2, 0) is 6.61 Å². The van der Waals surface area contributed by atoms with Gasteiger partial charge in [0, 0.05) is 9.26 Å². The van der Waals surface area contributed by atoms with Crippen LogP contribution in [-0.4, -0.2) is 16.1 Å². The van der Waals surface area contributed by atoms with E-state index in [0.29, 0.717) is 12.3 Å². The van der Waals surface area contributed by atoms with E-state index in [2.05, 4.69) is 27.6 Å². The van der Waals surface area contributed by atoms with Crippen LogP contribution in [0.15, 0.2) is 36.4 Å². The lowest BCUT2D eigenvalue weighted by molar-refractivity contribution is 0.0684. The van der Waals surface area contributed by atoms with E-state index in [1.54, 1.807) is 19.1 Å². The summed E-state index contributed by atoms with van der Waals surface area (Å²) < 4.78 is 6.68. The number of hydrogen-bond acceptors (Lipinski definition) is 3. The number of aryl methyl sites for hydroxylation is 1. The number of aromatic carboxylic acids is 1. The van der Waals surface area contributed by atoms with Crippen LogP contribution in [0.2, 0.25) is 0 Å². The number of hydrogen-bond donors (Lipinski definition) is 1. The summed E-state index contributed by atoms with van der Waals surface area (Å²) in [5, 5.41) is 9.08. The molecule has 5 heteroatoms. The molecule has 1 aromatic carbocycles. The molecular formula is C14H12INO3. The Morgan fingerprint density at radius 1 is 1.26 bits per heavy atom. The molecule has 98 valence electrons. The Balaban J connectivity index is 2.15. The topological polar surface area (TPSA) is 59.4 Å². The SMILES string of the molecule is Cc1ccc(OCc2ccc(I)cc2)c(C(=O)O)n1. The Morgan fingerprint density at radius 3 is 2.58 bits per heavy atom. The molecule has 19 heavy (non-hydrogen) atoms. The van der Waals surface area contributed by atoms with Crippen molar-refractivity contribution in [3.63, 3.8) is 0 Å². The predicted octanol–water partition coefficient (Wildman–Crippen LogP) is 3.27. The normalized spacial score (nSPS) is 10.2. The standard InChI is InChI=1S/C14H12INO3/c1-9-2-7-12(13(16-9)14(17)18)19-8-10-3-5-11(15)6-4-10/h2-7H,8H2,1H3,(H,17,18). The Hall–Kier alpha value is -1.63. The molecule has 0 radical (unpaired) electrons. The van der Waals surface area contributed by atoms with E-state index in [1.165, 1.54) is 0 Å². The fourth-order valence-electron chi connectivity index (χ4n) is 1.56. The van der Waals surface area contributed by atoms with Crippen molar-refractivity contribution < 1.29 is 14.6 Å². The summed E-state index contributed by atoms with van der Waals surface area (Å²) in [6.07, 6.45) is 0. The van der Waals surface area contributed by atoms with E-state index in [4.69, 9.17) is 9.84 Å². The number of rotatable bonds is 4. The smallest absolute Gasteiger partial charge is 0.358 e. The van der Waals surface area contributed by atoms with Crippen LogP contribution in [0.3, 0.4) is 0 Å². The average Bonchev–Trinajstić information content (AvgIpc) is 2.39. The molecule has 0 aliphatic rings. The summed E-state index contributed by atoms with van der Waals surface area (Å²) in [5.74, 6) is -0.794. The fraction of sp³-hybridized carbons (Fsp3) is 0.143. The highest BCUT2D eigenvalue weighted by Crippen LogP contribution is 2.18. The first kappa shape index (κ1) is 13.8. The summed E-state index contributed by atoms with van der Waals surface area (Å²) in [4.78, 5) is 15.1. The molecule has 0 saturated heterocycles. The highest BCUT2D eigenvalue weighted by atomic mass is 127. The maximum atomic E-state index is 11.1. The van der Waals surface area contributed by atoms with Gasteiger partial charge in [-0.3, -0.25) is 0 Å². The third-order valence-corrected chi connectivity index (χ3v) is 3.23. The molecule has 0 bridgehead atoms. The molecule has 0 aliphatic heterocycles. The zero-order valence-corrected chi connectivity index (χ0v) is 12.4. The van der Waals surface area contributed by atoms with Gasteiger partial charge < -0.3 is 9.84 Å². The molecule has 2 aromatic rings. The van der Waals surface area contributed by atoms with Gasteiger partial charge in [0.25, 0.3) is 0 Å². The quantitative estimate of drug-likeness (QED) is 0.841. The van der Waals surface area contributed by atoms with Crippen LogP contribution in [0.5, 0.6) is 5.75 Å². The second-order valence-electron chi connectivity index (χ2n) is 4.02. The molecule has 0 amide bonds. The van der Waals surface area contributed by atoms with Crippen LogP contribution < -0.4 is 4.74 Å². The minimum atomic E-state index is -1.08. The van der Waals surface area contributed by atoms with Crippen LogP contribution >= 0.6 is 22.6 Å². The van der Waals surface area contributed by atoms with Crippen molar-refractivity contribution >= 4 is 28.6 Å². The summed E-state index contributed by atoms with van der Waals surface area (Å²) in [7, 11) is 0. The molecule has 0 saturated carbocycles. The number of pyridine rings is 1. The monoisotopic (exact) mass is 369 g/mol. The van der Waals surface area contributed by atoms with E-state index in [9.17, 15) is 4.79 Å². The zero-order chi connectivity index (χ0) is 13.8. The first-order chi connectivity index (χ1) is 9.06. The Morgan fingerprint density at radius 2 is 1.95 bits per heavy atom. The lowest BCUT2D eigenvalue weighted by atomic mass is 10.2. The molecule has 0 atom stereocenters. The maximum absolute atomic E-state index is 11.1. The number of nitrogens with zero attached hydrogens (tertiary/aromatic N) is 1. The second-order valence-corrected chi connectivity index (χ2v) is 5.27. The van der Waals surface area contributed by atoms with Gasteiger partial charge in [-0.1, -0.05) is 12.1 Å². The molecule has 0 aliphatic carbocycles. The van der Waals surface area contributed by atoms with Crippen molar-refractivity contribution in [3.05, 3.63) is 56.9 Å². The van der Waals surface area contributed by atoms with Gasteiger partial charge in [-0.15, -0.1) is 0 Å². The molecule has 1 N–H and O–H groups in total. The van der Waals surface area contributed by atoms with E-state index in [-0.39, 0.29) is 11.4 Å². The number of carboxylic acid groups (broad SMARTS) is 1. The average molecular weight is 369 g/mol. The predicted molar refractivity (Wildman–Crippen MR) is 79.4 cm³/mol. The lowest BCUT2D eigenvalue weighted by Crippen LogP contribution is -2.06. The van der Waals surface area contributed by atoms with Gasteiger partial charge in [-0.25, -0.2) is 9.78 Å². The van der Waals surface area contributed by atoms with Crippen molar-refractivity contribution in [1.29, 1.82) is 0 Å². The van der Waals surface area contributed by atoms with Gasteiger partial charge in [0.1, 0.15) is 6.61 Å². The van der Waals surface area contributed by atoms with Crippen molar-refractivity contribution in [2.24, 2.45) is 0 Å². The van der Waals surface area contributed by atoms with Crippen LogP contribution in [0.1, 0.15) is 21.7 Å². The van der Waals surface area contributed by atoms with E-state index >= 15 is 0 Å². The van der Waals surface area contributed by atoms with E-state index in [0.717, 1.165) is 9.13 Å². The first-order valence-electron chi connectivity index (χ1n) is 5.64. The summed E-state index contributed by atoms with van der Waals surface area (Å²) in [5.41, 5.74) is 1.59. The van der Waals surface area contributed by atoms with Crippen LogP contribution in [0.25, 0.3) is 0 Å². The van der Waals surface area contributed by atoms with Crippen LogP contribution in [0, 0.1) is 10.5 Å². The van der Waals surface area contributed by atoms with Crippen molar-refractivity contribution in [2.45, 2.75) is 13.5 Å². The minimum absolute atomic E-state index is 0.0505.